The number of carbonyl (C=O) groups is 1. The number of aromatic nitrogens is 3. The summed E-state index contributed by atoms with van der Waals surface area (Å²) < 4.78 is 12.8. The number of allylic oxidation sites excluding steroid dienone is 1. The summed E-state index contributed by atoms with van der Waals surface area (Å²) in [4.78, 5) is 17.2. The van der Waals surface area contributed by atoms with Crippen LogP contribution in [0, 0.1) is 0 Å². The van der Waals surface area contributed by atoms with Crippen LogP contribution in [-0.4, -0.2) is 40.2 Å². The van der Waals surface area contributed by atoms with Gasteiger partial charge in [0.1, 0.15) is 11.8 Å². The number of hydrogen-bond acceptors (Lipinski definition) is 7. The van der Waals surface area contributed by atoms with Gasteiger partial charge in [-0.1, -0.05) is 30.0 Å². The summed E-state index contributed by atoms with van der Waals surface area (Å²) in [6.45, 7) is 6.40. The second-order valence-electron chi connectivity index (χ2n) is 5.62. The lowest BCUT2D eigenvalue weighted by Crippen LogP contribution is -2.30. The van der Waals surface area contributed by atoms with Crippen molar-refractivity contribution in [3.63, 3.8) is 0 Å². The van der Waals surface area contributed by atoms with Gasteiger partial charge in [0.15, 0.2) is 0 Å². The van der Waals surface area contributed by atoms with Gasteiger partial charge in [0.2, 0.25) is 11.1 Å². The number of carbonyl (C=O) groups excluding carboxylic acids is 1. The van der Waals surface area contributed by atoms with Gasteiger partial charge in [-0.3, -0.25) is 0 Å². The Bertz CT molecular complexity index is 847. The summed E-state index contributed by atoms with van der Waals surface area (Å²) >= 11 is 1.45. The van der Waals surface area contributed by atoms with Crippen molar-refractivity contribution in [1.82, 2.24) is 14.8 Å². The summed E-state index contributed by atoms with van der Waals surface area (Å²) in [6.07, 6.45) is 1.91. The Morgan fingerprint density at radius 3 is 2.77 bits per heavy atom. The number of nitrogens with one attached hydrogen (secondary N) is 1. The van der Waals surface area contributed by atoms with Crippen LogP contribution in [0.1, 0.15) is 32.4 Å². The van der Waals surface area contributed by atoms with E-state index in [1.165, 1.54) is 11.8 Å². The summed E-state index contributed by atoms with van der Waals surface area (Å²) in [7, 11) is 0. The SMILES string of the molecule is CCOC(=O)C1=C(C)Nc2nc(SC)nn2C1c1ccccc1OCC. The summed E-state index contributed by atoms with van der Waals surface area (Å²) in [6, 6.07) is 7.19. The summed E-state index contributed by atoms with van der Waals surface area (Å²) in [5.74, 6) is 0.931. The maximum Gasteiger partial charge on any atom is 0.338 e. The predicted molar refractivity (Wildman–Crippen MR) is 101 cm³/mol. The topological polar surface area (TPSA) is 78.3 Å². The Balaban J connectivity index is 2.19. The van der Waals surface area contributed by atoms with Gasteiger partial charge in [0.05, 0.1) is 18.8 Å². The van der Waals surface area contributed by atoms with Crippen molar-refractivity contribution in [2.24, 2.45) is 0 Å². The molecular weight excluding hydrogens is 352 g/mol. The first-order chi connectivity index (χ1) is 12.6. The van der Waals surface area contributed by atoms with E-state index in [1.54, 1.807) is 11.6 Å². The van der Waals surface area contributed by atoms with Gasteiger partial charge in [-0.25, -0.2) is 9.48 Å². The average Bonchev–Trinajstić information content (AvgIpc) is 3.04. The van der Waals surface area contributed by atoms with Gasteiger partial charge >= 0.3 is 5.97 Å². The van der Waals surface area contributed by atoms with E-state index in [2.05, 4.69) is 15.4 Å². The number of thioether (sulfide) groups is 1. The monoisotopic (exact) mass is 374 g/mol. The zero-order valence-electron chi connectivity index (χ0n) is 15.3. The molecule has 138 valence electrons. The fourth-order valence-corrected chi connectivity index (χ4v) is 3.32. The number of para-hydroxylation sites is 1. The lowest BCUT2D eigenvalue weighted by molar-refractivity contribution is -0.139. The Morgan fingerprint density at radius 2 is 2.08 bits per heavy atom. The second kappa shape index (κ2) is 7.82. The van der Waals surface area contributed by atoms with Gasteiger partial charge < -0.3 is 14.8 Å². The number of fused-ring (bicyclic) bond motifs is 1. The number of rotatable bonds is 6. The Labute approximate surface area is 156 Å². The third-order valence-electron chi connectivity index (χ3n) is 4.02. The molecule has 1 aliphatic heterocycles. The average molecular weight is 374 g/mol. The number of benzene rings is 1. The molecule has 0 fully saturated rings. The van der Waals surface area contributed by atoms with E-state index in [-0.39, 0.29) is 5.97 Å². The maximum absolute atomic E-state index is 12.7. The predicted octanol–water partition coefficient (Wildman–Crippen LogP) is 3.25. The van der Waals surface area contributed by atoms with Crippen molar-refractivity contribution in [2.45, 2.75) is 32.0 Å². The van der Waals surface area contributed by atoms with E-state index in [1.807, 2.05) is 44.4 Å². The molecule has 7 nitrogen and oxygen atoms in total. The molecule has 1 atom stereocenters. The van der Waals surface area contributed by atoms with Crippen LogP contribution in [0.25, 0.3) is 0 Å². The van der Waals surface area contributed by atoms with Gasteiger partial charge in [-0.15, -0.1) is 5.10 Å². The third kappa shape index (κ3) is 3.29. The van der Waals surface area contributed by atoms with Crippen LogP contribution in [0.5, 0.6) is 5.75 Å². The molecule has 0 saturated carbocycles. The highest BCUT2D eigenvalue weighted by Gasteiger charge is 2.36. The van der Waals surface area contributed by atoms with Crippen LogP contribution in [0.3, 0.4) is 0 Å². The van der Waals surface area contributed by atoms with Crippen molar-refractivity contribution in [3.8, 4) is 5.75 Å². The molecule has 0 saturated heterocycles. The number of nitrogens with zero attached hydrogens (tertiary/aromatic N) is 3. The largest absolute Gasteiger partial charge is 0.494 e. The van der Waals surface area contributed by atoms with Crippen molar-refractivity contribution in [1.29, 1.82) is 0 Å². The first-order valence-electron chi connectivity index (χ1n) is 8.47. The van der Waals surface area contributed by atoms with Crippen molar-refractivity contribution in [2.75, 3.05) is 24.8 Å². The Hall–Kier alpha value is -2.48. The first-order valence-corrected chi connectivity index (χ1v) is 9.70. The molecule has 26 heavy (non-hydrogen) atoms. The minimum atomic E-state index is -0.471. The normalized spacial score (nSPS) is 16.1. The quantitative estimate of drug-likeness (QED) is 0.614. The van der Waals surface area contributed by atoms with E-state index in [0.717, 1.165) is 5.56 Å². The van der Waals surface area contributed by atoms with E-state index < -0.39 is 6.04 Å². The standard InChI is InChI=1S/C18H22N4O3S/c1-5-24-13-10-8-7-9-12(13)15-14(16(23)25-6-2)11(3)19-17-20-18(26-4)21-22(15)17/h7-10,15H,5-6H2,1-4H3,(H,19,20,21). The number of esters is 1. The van der Waals surface area contributed by atoms with Gasteiger partial charge in [-0.2, -0.15) is 4.98 Å². The number of hydrogen-bond donors (Lipinski definition) is 1. The highest BCUT2D eigenvalue weighted by molar-refractivity contribution is 7.98. The zero-order chi connectivity index (χ0) is 18.7. The lowest BCUT2D eigenvalue weighted by atomic mass is 9.95. The minimum absolute atomic E-state index is 0.301. The molecule has 1 aliphatic rings. The molecule has 0 radical (unpaired) electrons. The van der Waals surface area contributed by atoms with E-state index in [0.29, 0.717) is 41.3 Å². The van der Waals surface area contributed by atoms with Crippen LogP contribution in [0.15, 0.2) is 40.7 Å². The van der Waals surface area contributed by atoms with E-state index in [4.69, 9.17) is 9.47 Å². The maximum atomic E-state index is 12.7. The molecule has 0 bridgehead atoms. The number of anilines is 1. The molecular formula is C18H22N4O3S. The summed E-state index contributed by atoms with van der Waals surface area (Å²) in [5, 5.41) is 8.36. The van der Waals surface area contributed by atoms with Crippen LogP contribution in [0.4, 0.5) is 5.95 Å². The molecule has 3 rings (SSSR count). The van der Waals surface area contributed by atoms with Crippen molar-refractivity contribution < 1.29 is 14.3 Å². The molecule has 2 aromatic rings. The Kier molecular flexibility index (Phi) is 5.51. The van der Waals surface area contributed by atoms with Crippen LogP contribution < -0.4 is 10.1 Å². The van der Waals surface area contributed by atoms with Crippen molar-refractivity contribution >= 4 is 23.7 Å². The molecule has 1 unspecified atom stereocenters. The van der Waals surface area contributed by atoms with Crippen LogP contribution >= 0.6 is 11.8 Å². The molecule has 8 heteroatoms. The van der Waals surface area contributed by atoms with Gasteiger partial charge in [-0.05, 0) is 33.1 Å². The minimum Gasteiger partial charge on any atom is -0.494 e. The fraction of sp³-hybridized carbons (Fsp3) is 0.389. The molecule has 0 amide bonds. The molecule has 0 spiro atoms. The molecule has 2 heterocycles. The zero-order valence-corrected chi connectivity index (χ0v) is 16.1. The first kappa shape index (κ1) is 18.3. The van der Waals surface area contributed by atoms with E-state index >= 15 is 0 Å². The Morgan fingerprint density at radius 1 is 1.31 bits per heavy atom. The lowest BCUT2D eigenvalue weighted by Gasteiger charge is -2.29. The van der Waals surface area contributed by atoms with E-state index in [9.17, 15) is 4.79 Å². The fourth-order valence-electron chi connectivity index (χ4n) is 2.97. The molecule has 1 aromatic heterocycles. The third-order valence-corrected chi connectivity index (χ3v) is 4.56. The highest BCUT2D eigenvalue weighted by atomic mass is 32.2. The second-order valence-corrected chi connectivity index (χ2v) is 6.40. The van der Waals surface area contributed by atoms with Crippen molar-refractivity contribution in [3.05, 3.63) is 41.1 Å². The molecule has 0 aliphatic carbocycles. The summed E-state index contributed by atoms with van der Waals surface area (Å²) in [5.41, 5.74) is 2.05. The smallest absolute Gasteiger partial charge is 0.338 e. The molecule has 1 N–H and O–H groups in total. The molecule has 1 aromatic carbocycles. The van der Waals surface area contributed by atoms with Gasteiger partial charge in [0, 0.05) is 11.3 Å². The number of ether oxygens (including phenoxy) is 2. The van der Waals surface area contributed by atoms with Crippen LogP contribution in [-0.2, 0) is 9.53 Å². The highest BCUT2D eigenvalue weighted by Crippen LogP contribution is 2.39. The van der Waals surface area contributed by atoms with Gasteiger partial charge in [0.25, 0.3) is 0 Å². The van der Waals surface area contributed by atoms with Crippen LogP contribution in [0.2, 0.25) is 0 Å².